The van der Waals surface area contributed by atoms with Crippen LogP contribution >= 0.6 is 0 Å². The molecule has 5 nitrogen and oxygen atoms in total. The molecule has 5 fully saturated rings. The van der Waals surface area contributed by atoms with Crippen molar-refractivity contribution in [2.24, 2.45) is 50.7 Å². The van der Waals surface area contributed by atoms with Gasteiger partial charge in [-0.15, -0.1) is 0 Å². The minimum atomic E-state index is -1.98. The maximum atomic E-state index is 15.3. The first-order valence-electron chi connectivity index (χ1n) is 16.2. The predicted octanol–water partition coefficient (Wildman–Crippen LogP) is 7.37. The maximum Gasteiger partial charge on any atom is 0.184 e. The van der Waals surface area contributed by atoms with E-state index in [4.69, 9.17) is 0 Å². The number of carbonyl (C=O) groups is 4. The van der Waals surface area contributed by atoms with Gasteiger partial charge in [0.25, 0.3) is 0 Å². The maximum absolute atomic E-state index is 15.3. The highest BCUT2D eigenvalue weighted by atomic mass is 16.3. The highest BCUT2D eigenvalue weighted by Crippen LogP contribution is 2.78. The molecule has 1 aromatic rings. The molecular formula is C38H50O5. The van der Waals surface area contributed by atoms with Gasteiger partial charge in [0.15, 0.2) is 28.5 Å². The summed E-state index contributed by atoms with van der Waals surface area (Å²) in [4.78, 5) is 60.3. The van der Waals surface area contributed by atoms with Crippen molar-refractivity contribution in [2.75, 3.05) is 0 Å². The molecule has 0 aromatic heterocycles. The molecule has 1 spiro atoms. The molecule has 5 aliphatic carbocycles. The van der Waals surface area contributed by atoms with Gasteiger partial charge in [-0.3, -0.25) is 19.2 Å². The molecule has 232 valence electrons. The molecule has 1 N–H and O–H groups in total. The molecule has 5 saturated carbocycles. The fraction of sp³-hybridized carbons (Fsp3) is 0.632. The number of hydrogen-bond acceptors (Lipinski definition) is 5. The second kappa shape index (κ2) is 10.2. The number of hydrogen-bond donors (Lipinski definition) is 1. The SMILES string of the molecule is CC(C)=CCCC(C)=CCC12CC3C4C(O)C(C)(C)C(C(C)C)CC4(C1=O)C(=O)C(C(=O)c1ccccc1)(C2=O)C3(C)C. The van der Waals surface area contributed by atoms with Crippen LogP contribution in [0.2, 0.25) is 0 Å². The van der Waals surface area contributed by atoms with Crippen molar-refractivity contribution >= 4 is 23.1 Å². The van der Waals surface area contributed by atoms with E-state index < -0.39 is 56.4 Å². The monoisotopic (exact) mass is 586 g/mol. The van der Waals surface area contributed by atoms with E-state index in [9.17, 15) is 9.90 Å². The van der Waals surface area contributed by atoms with Crippen molar-refractivity contribution < 1.29 is 24.3 Å². The van der Waals surface area contributed by atoms with E-state index in [-0.39, 0.29) is 42.8 Å². The lowest BCUT2D eigenvalue weighted by Gasteiger charge is -2.74. The Morgan fingerprint density at radius 3 is 2.14 bits per heavy atom. The van der Waals surface area contributed by atoms with Crippen LogP contribution in [0.3, 0.4) is 0 Å². The zero-order chi connectivity index (χ0) is 31.9. The second-order valence-corrected chi connectivity index (χ2v) is 15.9. The smallest absolute Gasteiger partial charge is 0.184 e. The van der Waals surface area contributed by atoms with Crippen LogP contribution in [0.25, 0.3) is 0 Å². The minimum Gasteiger partial charge on any atom is -0.392 e. The summed E-state index contributed by atoms with van der Waals surface area (Å²) in [5.74, 6) is -2.91. The second-order valence-electron chi connectivity index (χ2n) is 15.9. The lowest BCUT2D eigenvalue weighted by Crippen LogP contribution is -2.86. The van der Waals surface area contributed by atoms with E-state index >= 15 is 14.4 Å². The molecule has 0 saturated heterocycles. The molecule has 5 heteroatoms. The van der Waals surface area contributed by atoms with Crippen LogP contribution in [0.15, 0.2) is 53.6 Å². The first-order chi connectivity index (χ1) is 20.0. The van der Waals surface area contributed by atoms with E-state index in [1.54, 1.807) is 30.3 Å². The summed E-state index contributed by atoms with van der Waals surface area (Å²) in [5, 5.41) is 12.2. The van der Waals surface area contributed by atoms with Gasteiger partial charge < -0.3 is 5.11 Å². The molecule has 6 rings (SSSR count). The lowest BCUT2D eigenvalue weighted by atomic mass is 9.24. The third-order valence-corrected chi connectivity index (χ3v) is 12.5. The molecule has 1 aromatic carbocycles. The van der Waals surface area contributed by atoms with Gasteiger partial charge >= 0.3 is 0 Å². The van der Waals surface area contributed by atoms with Gasteiger partial charge in [0.1, 0.15) is 0 Å². The number of aliphatic hydroxyl groups excluding tert-OH is 1. The molecule has 0 aliphatic heterocycles. The number of Topliss-reactive ketones (excluding diaryl/α,β-unsaturated/α-hetero) is 4. The normalized spacial score (nSPS) is 37.5. The molecule has 0 amide bonds. The average Bonchev–Trinajstić information content (AvgIpc) is 2.93. The Balaban J connectivity index is 1.76. The summed E-state index contributed by atoms with van der Waals surface area (Å²) in [6.45, 7) is 18.1. The van der Waals surface area contributed by atoms with Crippen LogP contribution in [0.1, 0.15) is 105 Å². The van der Waals surface area contributed by atoms with E-state index in [0.717, 1.165) is 18.4 Å². The van der Waals surface area contributed by atoms with Crippen LogP contribution in [-0.4, -0.2) is 34.3 Å². The molecule has 0 radical (unpaired) electrons. The minimum absolute atomic E-state index is 0.0943. The molecule has 4 bridgehead atoms. The van der Waals surface area contributed by atoms with Gasteiger partial charge in [-0.05, 0) is 81.5 Å². The Hall–Kier alpha value is -2.66. The summed E-state index contributed by atoms with van der Waals surface area (Å²) in [6.07, 6.45) is 5.67. The topological polar surface area (TPSA) is 88.5 Å². The molecule has 7 atom stereocenters. The Labute approximate surface area is 257 Å². The van der Waals surface area contributed by atoms with Gasteiger partial charge in [0.2, 0.25) is 0 Å². The first kappa shape index (κ1) is 31.8. The fourth-order valence-electron chi connectivity index (χ4n) is 10.1. The van der Waals surface area contributed by atoms with Gasteiger partial charge in [-0.1, -0.05) is 95.2 Å². The van der Waals surface area contributed by atoms with Crippen LogP contribution in [-0.2, 0) is 14.4 Å². The molecule has 7 unspecified atom stereocenters. The highest BCUT2D eigenvalue weighted by Gasteiger charge is 2.89. The van der Waals surface area contributed by atoms with Crippen molar-refractivity contribution in [2.45, 2.75) is 101 Å². The van der Waals surface area contributed by atoms with Gasteiger partial charge in [0.05, 0.1) is 16.9 Å². The number of benzene rings is 1. The van der Waals surface area contributed by atoms with Crippen molar-refractivity contribution in [3.05, 3.63) is 59.2 Å². The number of ketones is 4. The third-order valence-electron chi connectivity index (χ3n) is 12.5. The molecule has 0 heterocycles. The zero-order valence-electron chi connectivity index (χ0n) is 27.5. The van der Waals surface area contributed by atoms with Crippen molar-refractivity contribution in [1.82, 2.24) is 0 Å². The van der Waals surface area contributed by atoms with Crippen LogP contribution in [0, 0.1) is 50.7 Å². The van der Waals surface area contributed by atoms with Gasteiger partial charge in [-0.25, -0.2) is 0 Å². The Bertz CT molecular complexity index is 1420. The van der Waals surface area contributed by atoms with E-state index in [0.29, 0.717) is 5.56 Å². The third kappa shape index (κ3) is 3.92. The summed E-state index contributed by atoms with van der Waals surface area (Å²) < 4.78 is 0. The molecular weight excluding hydrogens is 536 g/mol. The summed E-state index contributed by atoms with van der Waals surface area (Å²) >= 11 is 0. The summed E-state index contributed by atoms with van der Waals surface area (Å²) in [6, 6.07) is 8.64. The molecule has 43 heavy (non-hydrogen) atoms. The lowest BCUT2D eigenvalue weighted by molar-refractivity contribution is -0.249. The number of allylic oxidation sites excluding steroid dienone is 4. The van der Waals surface area contributed by atoms with Crippen molar-refractivity contribution in [1.29, 1.82) is 0 Å². The average molecular weight is 587 g/mol. The zero-order valence-corrected chi connectivity index (χ0v) is 27.5. The fourth-order valence-corrected chi connectivity index (χ4v) is 10.1. The quantitative estimate of drug-likeness (QED) is 0.195. The number of rotatable bonds is 8. The van der Waals surface area contributed by atoms with E-state index in [1.807, 2.05) is 40.7 Å². The van der Waals surface area contributed by atoms with Crippen molar-refractivity contribution in [3.63, 3.8) is 0 Å². The first-order valence-corrected chi connectivity index (χ1v) is 16.2. The van der Waals surface area contributed by atoms with Crippen LogP contribution in [0.5, 0.6) is 0 Å². The predicted molar refractivity (Wildman–Crippen MR) is 168 cm³/mol. The number of aliphatic hydroxyl groups is 1. The van der Waals surface area contributed by atoms with E-state index in [2.05, 4.69) is 33.8 Å². The Kier molecular flexibility index (Phi) is 7.52. The largest absolute Gasteiger partial charge is 0.392 e. The highest BCUT2D eigenvalue weighted by molar-refractivity contribution is 6.42. The Morgan fingerprint density at radius 2 is 1.56 bits per heavy atom. The van der Waals surface area contributed by atoms with Gasteiger partial charge in [0, 0.05) is 11.5 Å². The summed E-state index contributed by atoms with van der Waals surface area (Å²) in [7, 11) is 0. The van der Waals surface area contributed by atoms with E-state index in [1.165, 1.54) is 5.57 Å². The van der Waals surface area contributed by atoms with Crippen LogP contribution in [0.4, 0.5) is 0 Å². The number of carbonyl (C=O) groups excluding carboxylic acids is 4. The van der Waals surface area contributed by atoms with Crippen LogP contribution < -0.4 is 0 Å². The summed E-state index contributed by atoms with van der Waals surface area (Å²) in [5.41, 5.74) is -3.97. The van der Waals surface area contributed by atoms with Crippen molar-refractivity contribution in [3.8, 4) is 0 Å². The standard InChI is InChI=1S/C38H50O5/c1-22(2)14-13-15-24(5)18-19-36-20-27-28-30(40)34(6,7)26(23(3)4)21-37(28,31(36)41)33(43)38(32(36)42,35(27,8)9)29(39)25-16-11-10-12-17-25/h10-12,14,16-18,23,26-28,30,40H,13,15,19-21H2,1-9H3. The molecule has 5 aliphatic rings. The Morgan fingerprint density at radius 1 is 0.930 bits per heavy atom. The van der Waals surface area contributed by atoms with Gasteiger partial charge in [-0.2, -0.15) is 0 Å².